The van der Waals surface area contributed by atoms with Crippen molar-refractivity contribution < 1.29 is 9.13 Å². The van der Waals surface area contributed by atoms with E-state index in [4.69, 9.17) is 4.74 Å². The minimum absolute atomic E-state index is 0.291. The average molecular weight is 245 g/mol. The topological polar surface area (TPSA) is 9.23 Å². The van der Waals surface area contributed by atoms with Crippen molar-refractivity contribution in [2.45, 2.75) is 0 Å². The third kappa shape index (κ3) is 2.56. The summed E-state index contributed by atoms with van der Waals surface area (Å²) in [4.78, 5) is 0. The lowest BCUT2D eigenvalue weighted by atomic mass is 10.2. The van der Waals surface area contributed by atoms with Crippen molar-refractivity contribution in [3.05, 3.63) is 35.7 Å². The molecule has 0 N–H and O–H groups in total. The lowest BCUT2D eigenvalue weighted by Gasteiger charge is -2.04. The van der Waals surface area contributed by atoms with Gasteiger partial charge in [0.1, 0.15) is 0 Å². The third-order valence-electron chi connectivity index (χ3n) is 1.59. The third-order valence-corrected chi connectivity index (χ3v) is 1.96. The maximum Gasteiger partial charge on any atom is 0.165 e. The molecule has 1 rings (SSSR count). The first-order valence-electron chi connectivity index (χ1n) is 3.84. The molecule has 0 heterocycles. The van der Waals surface area contributed by atoms with Gasteiger partial charge in [0.25, 0.3) is 0 Å². The second-order valence-corrected chi connectivity index (χ2v) is 3.07. The average Bonchev–Trinajstić information content (AvgIpc) is 2.15. The van der Waals surface area contributed by atoms with Crippen LogP contribution in [0.2, 0.25) is 0 Å². The number of alkyl halides is 1. The van der Waals surface area contributed by atoms with Crippen LogP contribution < -0.4 is 4.74 Å². The van der Waals surface area contributed by atoms with Crippen LogP contribution in [-0.4, -0.2) is 12.4 Å². The van der Waals surface area contributed by atoms with Gasteiger partial charge in [-0.25, -0.2) is 4.39 Å². The Kier molecular flexibility index (Phi) is 3.96. The van der Waals surface area contributed by atoms with Crippen molar-refractivity contribution in [1.29, 1.82) is 0 Å². The smallest absolute Gasteiger partial charge is 0.165 e. The minimum atomic E-state index is -0.334. The Bertz CT molecular complexity index is 310. The highest BCUT2D eigenvalue weighted by atomic mass is 79.9. The number of halogens is 2. The Hall–Kier alpha value is -0.830. The second-order valence-electron chi connectivity index (χ2n) is 2.42. The number of hydrogen-bond donors (Lipinski definition) is 0. The highest BCUT2D eigenvalue weighted by Crippen LogP contribution is 2.23. The molecule has 0 aliphatic heterocycles. The van der Waals surface area contributed by atoms with Gasteiger partial charge in [-0.15, -0.1) is 0 Å². The van der Waals surface area contributed by atoms with Crippen molar-refractivity contribution in [3.8, 4) is 5.75 Å². The van der Waals surface area contributed by atoms with E-state index in [-0.39, 0.29) is 5.82 Å². The van der Waals surface area contributed by atoms with Crippen molar-refractivity contribution in [3.63, 3.8) is 0 Å². The van der Waals surface area contributed by atoms with Crippen LogP contribution in [0.1, 0.15) is 5.56 Å². The molecule has 0 radical (unpaired) electrons. The summed E-state index contributed by atoms with van der Waals surface area (Å²) in [5, 5.41) is 0.743. The van der Waals surface area contributed by atoms with Crippen molar-refractivity contribution >= 4 is 22.0 Å². The normalized spacial score (nSPS) is 10.7. The summed E-state index contributed by atoms with van der Waals surface area (Å²) >= 11 is 3.25. The standard InChI is InChI=1S/C10H10BrFO/c1-13-10-8(5-3-7-11)4-2-6-9(10)12/h2-6H,7H2,1H3. The number of hydrogen-bond acceptors (Lipinski definition) is 1. The molecule has 1 aromatic rings. The van der Waals surface area contributed by atoms with E-state index in [0.29, 0.717) is 5.75 Å². The first-order valence-corrected chi connectivity index (χ1v) is 4.96. The van der Waals surface area contributed by atoms with Crippen molar-refractivity contribution in [2.24, 2.45) is 0 Å². The molecule has 0 aliphatic rings. The summed E-state index contributed by atoms with van der Waals surface area (Å²) in [5.41, 5.74) is 0.752. The largest absolute Gasteiger partial charge is 0.493 e. The highest BCUT2D eigenvalue weighted by Gasteiger charge is 2.04. The van der Waals surface area contributed by atoms with E-state index in [0.717, 1.165) is 10.9 Å². The van der Waals surface area contributed by atoms with Crippen molar-refractivity contribution in [1.82, 2.24) is 0 Å². The van der Waals surface area contributed by atoms with E-state index in [1.54, 1.807) is 12.1 Å². The summed E-state index contributed by atoms with van der Waals surface area (Å²) < 4.78 is 18.0. The molecule has 0 fully saturated rings. The van der Waals surface area contributed by atoms with Gasteiger partial charge in [-0.1, -0.05) is 40.2 Å². The second kappa shape index (κ2) is 5.02. The highest BCUT2D eigenvalue weighted by molar-refractivity contribution is 9.09. The molecule has 13 heavy (non-hydrogen) atoms. The molecule has 0 spiro atoms. The van der Waals surface area contributed by atoms with Gasteiger partial charge in [0.05, 0.1) is 7.11 Å². The molecule has 0 atom stereocenters. The molecule has 0 amide bonds. The maximum absolute atomic E-state index is 13.1. The van der Waals surface area contributed by atoms with Crippen LogP contribution in [0.5, 0.6) is 5.75 Å². The molecular formula is C10H10BrFO. The molecule has 1 aromatic carbocycles. The quantitative estimate of drug-likeness (QED) is 0.743. The van der Waals surface area contributed by atoms with Gasteiger partial charge in [0, 0.05) is 10.9 Å². The van der Waals surface area contributed by atoms with Crippen molar-refractivity contribution in [2.75, 3.05) is 12.4 Å². The Balaban J connectivity index is 3.05. The summed E-state index contributed by atoms with van der Waals surface area (Å²) in [7, 11) is 1.46. The Morgan fingerprint density at radius 2 is 2.31 bits per heavy atom. The van der Waals surface area contributed by atoms with Gasteiger partial charge in [0.2, 0.25) is 0 Å². The molecule has 3 heteroatoms. The molecule has 0 aliphatic carbocycles. The zero-order valence-electron chi connectivity index (χ0n) is 7.26. The first kappa shape index (κ1) is 10.3. The molecule has 0 aromatic heterocycles. The predicted molar refractivity (Wildman–Crippen MR) is 55.8 cm³/mol. The number of para-hydroxylation sites is 1. The fraction of sp³-hybridized carbons (Fsp3) is 0.200. The molecular weight excluding hydrogens is 235 g/mol. The summed E-state index contributed by atoms with van der Waals surface area (Å²) in [6, 6.07) is 4.84. The van der Waals surface area contributed by atoms with Crippen LogP contribution in [0.25, 0.3) is 6.08 Å². The van der Waals surface area contributed by atoms with Crippen LogP contribution in [0, 0.1) is 5.82 Å². The van der Waals surface area contributed by atoms with Gasteiger partial charge in [-0.2, -0.15) is 0 Å². The van der Waals surface area contributed by atoms with Crippen LogP contribution in [0.3, 0.4) is 0 Å². The van der Waals surface area contributed by atoms with E-state index in [9.17, 15) is 4.39 Å². The maximum atomic E-state index is 13.1. The summed E-state index contributed by atoms with van der Waals surface area (Å²) in [6.45, 7) is 0. The Morgan fingerprint density at radius 3 is 2.92 bits per heavy atom. The Morgan fingerprint density at radius 1 is 1.54 bits per heavy atom. The first-order chi connectivity index (χ1) is 6.29. The van der Waals surface area contributed by atoms with E-state index in [2.05, 4.69) is 15.9 Å². The summed E-state index contributed by atoms with van der Waals surface area (Å²) in [5.74, 6) is -0.0427. The van der Waals surface area contributed by atoms with Crippen LogP contribution in [0.15, 0.2) is 24.3 Å². The minimum Gasteiger partial charge on any atom is -0.493 e. The fourth-order valence-corrected chi connectivity index (χ4v) is 1.23. The monoisotopic (exact) mass is 244 g/mol. The van der Waals surface area contributed by atoms with E-state index < -0.39 is 0 Å². The number of benzene rings is 1. The number of allylic oxidation sites excluding steroid dienone is 1. The molecule has 70 valence electrons. The Labute approximate surface area is 85.3 Å². The van der Waals surface area contributed by atoms with E-state index in [1.165, 1.54) is 13.2 Å². The molecule has 0 saturated carbocycles. The SMILES string of the molecule is COc1c(F)cccc1C=CCBr. The molecule has 0 unspecified atom stereocenters. The predicted octanol–water partition coefficient (Wildman–Crippen LogP) is 3.24. The number of ether oxygens (including phenoxy) is 1. The van der Waals surface area contributed by atoms with Gasteiger partial charge in [0.15, 0.2) is 11.6 Å². The van der Waals surface area contributed by atoms with E-state index in [1.807, 2.05) is 12.2 Å². The molecule has 1 nitrogen and oxygen atoms in total. The molecule has 0 bridgehead atoms. The number of methoxy groups -OCH3 is 1. The number of rotatable bonds is 3. The van der Waals surface area contributed by atoms with Crippen LogP contribution >= 0.6 is 15.9 Å². The van der Waals surface area contributed by atoms with Gasteiger partial charge in [-0.3, -0.25) is 0 Å². The zero-order valence-corrected chi connectivity index (χ0v) is 8.84. The van der Waals surface area contributed by atoms with Gasteiger partial charge in [-0.05, 0) is 6.07 Å². The zero-order chi connectivity index (χ0) is 9.68. The van der Waals surface area contributed by atoms with E-state index >= 15 is 0 Å². The van der Waals surface area contributed by atoms with Crippen LogP contribution in [-0.2, 0) is 0 Å². The summed E-state index contributed by atoms with van der Waals surface area (Å²) in [6.07, 6.45) is 3.70. The fourth-order valence-electron chi connectivity index (χ4n) is 1.04. The molecule has 0 saturated heterocycles. The van der Waals surface area contributed by atoms with Crippen LogP contribution in [0.4, 0.5) is 4.39 Å². The lowest BCUT2D eigenvalue weighted by Crippen LogP contribution is -1.90. The van der Waals surface area contributed by atoms with Gasteiger partial charge >= 0.3 is 0 Å². The van der Waals surface area contributed by atoms with Gasteiger partial charge < -0.3 is 4.74 Å². The lowest BCUT2D eigenvalue weighted by molar-refractivity contribution is 0.385.